The maximum absolute atomic E-state index is 14.8. The molecule has 4 aromatic rings. The van der Waals surface area contributed by atoms with Gasteiger partial charge in [0.25, 0.3) is 0 Å². The molecule has 0 bridgehead atoms. The molecule has 2 atom stereocenters. The zero-order valence-electron chi connectivity index (χ0n) is 24.2. The lowest BCUT2D eigenvalue weighted by Crippen LogP contribution is -2.19. The number of sulfone groups is 1. The van der Waals surface area contributed by atoms with Crippen LogP contribution in [0.3, 0.4) is 0 Å². The Bertz CT molecular complexity index is 1530. The van der Waals surface area contributed by atoms with Crippen LogP contribution in [0.15, 0.2) is 106 Å². The summed E-state index contributed by atoms with van der Waals surface area (Å²) in [6.45, 7) is 0. The van der Waals surface area contributed by atoms with Gasteiger partial charge in [-0.25, -0.2) is 8.42 Å². The molecule has 0 fully saturated rings. The zero-order valence-corrected chi connectivity index (χ0v) is 28.1. The number of ether oxygens (including phenoxy) is 4. The molecule has 0 aliphatic carbocycles. The number of hydrogen-bond donors (Lipinski definition) is 0. The quantitative estimate of drug-likeness (QED) is 0.145. The van der Waals surface area contributed by atoms with Gasteiger partial charge in [0.05, 0.1) is 39.6 Å². The minimum absolute atomic E-state index is 0.565. The predicted octanol–water partition coefficient (Wildman–Crippen LogP) is 8.87. The number of benzene rings is 4. The molecule has 0 saturated heterocycles. The first-order valence-corrected chi connectivity index (χ1v) is 16.4. The zero-order chi connectivity index (χ0) is 31.0. The van der Waals surface area contributed by atoms with Crippen molar-refractivity contribution in [2.75, 3.05) is 28.4 Å². The monoisotopic (exact) mass is 726 g/mol. The SMILES string of the molecule is COc1cccc(OC)c1C=CC(c1ccc(Br)cc1)S(=O)(=O)C(C=Cc1c(OC)cccc1OC)c1ccc(Br)cc1. The van der Waals surface area contributed by atoms with Crippen molar-refractivity contribution in [1.82, 2.24) is 0 Å². The van der Waals surface area contributed by atoms with Crippen molar-refractivity contribution >= 4 is 53.8 Å². The Hall–Kier alpha value is -3.53. The Balaban J connectivity index is 1.91. The van der Waals surface area contributed by atoms with Crippen LogP contribution in [0.2, 0.25) is 0 Å². The number of methoxy groups -OCH3 is 4. The average molecular weight is 728 g/mol. The van der Waals surface area contributed by atoms with Gasteiger partial charge in [-0.1, -0.05) is 80.4 Å². The molecule has 0 radical (unpaired) electrons. The second-order valence-electron chi connectivity index (χ2n) is 9.40. The Kier molecular flexibility index (Phi) is 11.1. The summed E-state index contributed by atoms with van der Waals surface area (Å²) in [7, 11) is 2.28. The highest BCUT2D eigenvalue weighted by atomic mass is 79.9. The molecule has 0 aromatic heterocycles. The summed E-state index contributed by atoms with van der Waals surface area (Å²) >= 11 is 6.94. The van der Waals surface area contributed by atoms with E-state index in [4.69, 9.17) is 18.9 Å². The number of hydrogen-bond acceptors (Lipinski definition) is 6. The third kappa shape index (κ3) is 7.52. The van der Waals surface area contributed by atoms with Gasteiger partial charge in [0, 0.05) is 8.95 Å². The molecule has 0 aliphatic heterocycles. The van der Waals surface area contributed by atoms with Gasteiger partial charge in [-0.15, -0.1) is 0 Å². The first-order valence-electron chi connectivity index (χ1n) is 13.3. The van der Waals surface area contributed by atoms with Gasteiger partial charge in [-0.05, 0) is 71.8 Å². The first kappa shape index (κ1) is 32.4. The Morgan fingerprint density at radius 1 is 0.535 bits per heavy atom. The summed E-state index contributed by atoms with van der Waals surface area (Å²) in [6.07, 6.45) is 6.85. The van der Waals surface area contributed by atoms with Crippen LogP contribution in [0, 0.1) is 0 Å². The van der Waals surface area contributed by atoms with Crippen molar-refractivity contribution in [3.8, 4) is 23.0 Å². The summed E-state index contributed by atoms with van der Waals surface area (Å²) in [5.74, 6) is 2.26. The Labute approximate surface area is 270 Å². The second-order valence-corrected chi connectivity index (χ2v) is 13.4. The van der Waals surface area contributed by atoms with E-state index in [1.165, 1.54) is 0 Å². The summed E-state index contributed by atoms with van der Waals surface area (Å²) in [5, 5.41) is -2.04. The fraction of sp³-hybridized carbons (Fsp3) is 0.176. The van der Waals surface area contributed by atoms with Gasteiger partial charge in [0.1, 0.15) is 33.5 Å². The van der Waals surface area contributed by atoms with E-state index in [1.54, 1.807) is 77.0 Å². The molecule has 224 valence electrons. The lowest BCUT2D eigenvalue weighted by molar-refractivity contribution is 0.392. The van der Waals surface area contributed by atoms with Crippen molar-refractivity contribution in [2.45, 2.75) is 10.5 Å². The van der Waals surface area contributed by atoms with Gasteiger partial charge in [-0.3, -0.25) is 0 Å². The normalized spacial score (nSPS) is 13.2. The van der Waals surface area contributed by atoms with Crippen molar-refractivity contribution in [3.63, 3.8) is 0 Å². The summed E-state index contributed by atoms with van der Waals surface area (Å²) < 4.78 is 53.5. The maximum atomic E-state index is 14.8. The molecule has 9 heteroatoms. The van der Waals surface area contributed by atoms with Crippen molar-refractivity contribution in [2.24, 2.45) is 0 Å². The lowest BCUT2D eigenvalue weighted by Gasteiger charge is -2.22. The van der Waals surface area contributed by atoms with Crippen LogP contribution in [0.5, 0.6) is 23.0 Å². The molecule has 0 heterocycles. The van der Waals surface area contributed by atoms with E-state index in [2.05, 4.69) is 31.9 Å². The smallest absolute Gasteiger partial charge is 0.171 e. The molecule has 0 amide bonds. The van der Waals surface area contributed by atoms with Gasteiger partial charge in [0.15, 0.2) is 9.84 Å². The molecule has 4 rings (SSSR count). The summed E-state index contributed by atoms with van der Waals surface area (Å²) in [6, 6.07) is 25.4. The largest absolute Gasteiger partial charge is 0.496 e. The van der Waals surface area contributed by atoms with Crippen molar-refractivity contribution in [3.05, 3.63) is 128 Å². The van der Waals surface area contributed by atoms with E-state index < -0.39 is 20.3 Å². The molecule has 6 nitrogen and oxygen atoms in total. The molecule has 0 N–H and O–H groups in total. The van der Waals surface area contributed by atoms with E-state index in [1.807, 2.05) is 60.7 Å². The fourth-order valence-corrected chi connectivity index (χ4v) is 7.25. The highest BCUT2D eigenvalue weighted by Gasteiger charge is 2.34. The molecular formula is C34H32Br2O6S. The average Bonchev–Trinajstić information content (AvgIpc) is 3.02. The predicted molar refractivity (Wildman–Crippen MR) is 180 cm³/mol. The molecule has 0 spiro atoms. The molecule has 43 heavy (non-hydrogen) atoms. The molecule has 4 aromatic carbocycles. The van der Waals surface area contributed by atoms with Gasteiger partial charge >= 0.3 is 0 Å². The van der Waals surface area contributed by atoms with Crippen LogP contribution in [-0.4, -0.2) is 36.9 Å². The Morgan fingerprint density at radius 2 is 0.837 bits per heavy atom. The van der Waals surface area contributed by atoms with E-state index in [0.717, 1.165) is 8.95 Å². The van der Waals surface area contributed by atoms with Gasteiger partial charge in [-0.2, -0.15) is 0 Å². The summed E-state index contributed by atoms with van der Waals surface area (Å²) in [4.78, 5) is 0. The van der Waals surface area contributed by atoms with Crippen molar-refractivity contribution in [1.29, 1.82) is 0 Å². The van der Waals surface area contributed by atoms with Crippen LogP contribution in [0.4, 0.5) is 0 Å². The number of rotatable bonds is 12. The van der Waals surface area contributed by atoms with Crippen molar-refractivity contribution < 1.29 is 27.4 Å². The van der Waals surface area contributed by atoms with Crippen LogP contribution >= 0.6 is 31.9 Å². The maximum Gasteiger partial charge on any atom is 0.171 e. The lowest BCUT2D eigenvalue weighted by atomic mass is 10.1. The van der Waals surface area contributed by atoms with Crippen LogP contribution in [-0.2, 0) is 9.84 Å². The second kappa shape index (κ2) is 14.8. The molecular weight excluding hydrogens is 696 g/mol. The Morgan fingerprint density at radius 3 is 1.12 bits per heavy atom. The van der Waals surface area contributed by atoms with E-state index >= 15 is 0 Å². The van der Waals surface area contributed by atoms with Crippen LogP contribution in [0.25, 0.3) is 12.2 Å². The minimum atomic E-state index is -3.98. The standard InChI is InChI=1S/C34H32Br2O6S/c1-39-29-7-5-8-30(40-2)27(29)19-21-33(23-11-15-25(35)16-12-23)43(37,38)34(24-13-17-26(36)18-14-24)22-20-28-31(41-3)9-6-10-32(28)42-4/h5-22,33-34H,1-4H3. The van der Waals surface area contributed by atoms with E-state index in [-0.39, 0.29) is 0 Å². The third-order valence-electron chi connectivity index (χ3n) is 6.91. The molecule has 0 saturated carbocycles. The highest BCUT2D eigenvalue weighted by molar-refractivity contribution is 9.10. The fourth-order valence-electron chi connectivity index (χ4n) is 4.74. The molecule has 2 unspecified atom stereocenters. The third-order valence-corrected chi connectivity index (χ3v) is 10.2. The van der Waals surface area contributed by atoms with Gasteiger partial charge < -0.3 is 18.9 Å². The minimum Gasteiger partial charge on any atom is -0.496 e. The van der Waals surface area contributed by atoms with E-state index in [0.29, 0.717) is 45.3 Å². The van der Waals surface area contributed by atoms with Gasteiger partial charge in [0.2, 0.25) is 0 Å². The number of halogens is 2. The highest BCUT2D eigenvalue weighted by Crippen LogP contribution is 2.40. The molecule has 0 aliphatic rings. The van der Waals surface area contributed by atoms with Crippen LogP contribution < -0.4 is 18.9 Å². The van der Waals surface area contributed by atoms with Crippen LogP contribution in [0.1, 0.15) is 32.8 Å². The summed E-state index contributed by atoms with van der Waals surface area (Å²) in [5.41, 5.74) is 2.50. The first-order chi connectivity index (χ1) is 20.7. The topological polar surface area (TPSA) is 71.1 Å². The van der Waals surface area contributed by atoms with E-state index in [9.17, 15) is 8.42 Å².